The van der Waals surface area contributed by atoms with Gasteiger partial charge < -0.3 is 10.4 Å². The van der Waals surface area contributed by atoms with Crippen molar-refractivity contribution < 1.29 is 5.11 Å². The van der Waals surface area contributed by atoms with Crippen molar-refractivity contribution >= 4 is 17.4 Å². The zero-order valence-electron chi connectivity index (χ0n) is 10.2. The number of rotatable bonds is 2. The van der Waals surface area contributed by atoms with Gasteiger partial charge in [0.1, 0.15) is 0 Å². The summed E-state index contributed by atoms with van der Waals surface area (Å²) in [5.41, 5.74) is 2.02. The largest absolute Gasteiger partial charge is 0.393 e. The summed E-state index contributed by atoms with van der Waals surface area (Å²) in [5.74, 6) is 0.813. The number of hydrogen-bond acceptors (Lipinski definition) is 4. The van der Waals surface area contributed by atoms with Gasteiger partial charge in [0.15, 0.2) is 11.0 Å². The van der Waals surface area contributed by atoms with Crippen LogP contribution in [0.1, 0.15) is 36.8 Å². The van der Waals surface area contributed by atoms with E-state index in [1.54, 1.807) is 0 Å². The van der Waals surface area contributed by atoms with E-state index in [2.05, 4.69) is 15.5 Å². The molecular formula is C12H18ClN3O. The van der Waals surface area contributed by atoms with Gasteiger partial charge in [-0.05, 0) is 50.7 Å². The van der Waals surface area contributed by atoms with Crippen LogP contribution in [0.3, 0.4) is 0 Å². The van der Waals surface area contributed by atoms with Crippen LogP contribution in [0, 0.1) is 13.8 Å². The van der Waals surface area contributed by atoms with Crippen LogP contribution in [0.15, 0.2) is 0 Å². The van der Waals surface area contributed by atoms with Crippen LogP contribution in [-0.4, -0.2) is 27.4 Å². The molecule has 2 N–H and O–H groups in total. The Kier molecular flexibility index (Phi) is 3.84. The second kappa shape index (κ2) is 5.19. The average molecular weight is 256 g/mol. The highest BCUT2D eigenvalue weighted by atomic mass is 35.5. The second-order valence-corrected chi connectivity index (χ2v) is 5.10. The third-order valence-corrected chi connectivity index (χ3v) is 3.86. The van der Waals surface area contributed by atoms with E-state index in [0.717, 1.165) is 42.6 Å². The summed E-state index contributed by atoms with van der Waals surface area (Å²) in [6, 6.07) is 0.381. The van der Waals surface area contributed by atoms with E-state index in [1.165, 1.54) is 0 Å². The van der Waals surface area contributed by atoms with Gasteiger partial charge in [0.25, 0.3) is 0 Å². The minimum atomic E-state index is -0.132. The zero-order chi connectivity index (χ0) is 12.4. The number of anilines is 1. The van der Waals surface area contributed by atoms with Crippen LogP contribution < -0.4 is 5.32 Å². The van der Waals surface area contributed by atoms with E-state index in [9.17, 15) is 5.11 Å². The van der Waals surface area contributed by atoms with Crippen molar-refractivity contribution in [3.63, 3.8) is 0 Å². The number of hydrogen-bond donors (Lipinski definition) is 2. The Hall–Kier alpha value is -0.870. The zero-order valence-corrected chi connectivity index (χ0v) is 11.0. The lowest BCUT2D eigenvalue weighted by atomic mass is 9.93. The average Bonchev–Trinajstić information content (AvgIpc) is 2.33. The first-order valence-electron chi connectivity index (χ1n) is 6.02. The molecule has 1 aromatic heterocycles. The first-order valence-corrected chi connectivity index (χ1v) is 6.39. The number of nitrogens with one attached hydrogen (secondary N) is 1. The third kappa shape index (κ3) is 2.87. The SMILES string of the molecule is Cc1c(Cl)nnc(NC2CCC(O)CC2)c1C. The lowest BCUT2D eigenvalue weighted by molar-refractivity contribution is 0.126. The summed E-state index contributed by atoms with van der Waals surface area (Å²) in [7, 11) is 0. The van der Waals surface area contributed by atoms with Crippen molar-refractivity contribution in [2.24, 2.45) is 0 Å². The molecule has 0 bridgehead atoms. The van der Waals surface area contributed by atoms with Crippen molar-refractivity contribution in [3.05, 3.63) is 16.3 Å². The van der Waals surface area contributed by atoms with Gasteiger partial charge in [-0.1, -0.05) is 11.6 Å². The molecule has 1 saturated carbocycles. The summed E-state index contributed by atoms with van der Waals surface area (Å²) >= 11 is 5.91. The normalized spacial score (nSPS) is 24.7. The second-order valence-electron chi connectivity index (χ2n) is 4.74. The van der Waals surface area contributed by atoms with Gasteiger partial charge in [0, 0.05) is 6.04 Å². The number of aliphatic hydroxyl groups excluding tert-OH is 1. The fourth-order valence-electron chi connectivity index (χ4n) is 2.13. The maximum absolute atomic E-state index is 9.45. The molecule has 5 heteroatoms. The molecule has 1 aromatic rings. The van der Waals surface area contributed by atoms with E-state index in [-0.39, 0.29) is 6.10 Å². The van der Waals surface area contributed by atoms with Gasteiger partial charge in [-0.3, -0.25) is 0 Å². The molecular weight excluding hydrogens is 238 g/mol. The molecule has 1 aliphatic carbocycles. The molecule has 94 valence electrons. The molecule has 0 saturated heterocycles. The molecule has 0 radical (unpaired) electrons. The lowest BCUT2D eigenvalue weighted by Crippen LogP contribution is -2.29. The highest BCUT2D eigenvalue weighted by molar-refractivity contribution is 6.30. The molecule has 0 aromatic carbocycles. The highest BCUT2D eigenvalue weighted by Gasteiger charge is 2.20. The number of aromatic nitrogens is 2. The van der Waals surface area contributed by atoms with E-state index >= 15 is 0 Å². The molecule has 0 aliphatic heterocycles. The Morgan fingerprint density at radius 3 is 2.41 bits per heavy atom. The molecule has 1 heterocycles. The number of aliphatic hydroxyl groups is 1. The lowest BCUT2D eigenvalue weighted by Gasteiger charge is -2.27. The minimum absolute atomic E-state index is 0.132. The maximum Gasteiger partial charge on any atom is 0.155 e. The topological polar surface area (TPSA) is 58.0 Å². The molecule has 4 nitrogen and oxygen atoms in total. The summed E-state index contributed by atoms with van der Waals surface area (Å²) < 4.78 is 0. The van der Waals surface area contributed by atoms with Gasteiger partial charge in [0.05, 0.1) is 6.10 Å². The fraction of sp³-hybridized carbons (Fsp3) is 0.667. The van der Waals surface area contributed by atoms with Gasteiger partial charge in [0.2, 0.25) is 0 Å². The summed E-state index contributed by atoms with van der Waals surface area (Å²) in [4.78, 5) is 0. The summed E-state index contributed by atoms with van der Waals surface area (Å²) in [5, 5.41) is 21.3. The van der Waals surface area contributed by atoms with E-state index in [1.807, 2.05) is 13.8 Å². The predicted molar refractivity (Wildman–Crippen MR) is 68.4 cm³/mol. The van der Waals surface area contributed by atoms with Gasteiger partial charge in [-0.15, -0.1) is 10.2 Å². The first kappa shape index (κ1) is 12.6. The molecule has 1 aliphatic rings. The van der Waals surface area contributed by atoms with Gasteiger partial charge in [-0.25, -0.2) is 0 Å². The van der Waals surface area contributed by atoms with Crippen LogP contribution in [0.25, 0.3) is 0 Å². The van der Waals surface area contributed by atoms with E-state index < -0.39 is 0 Å². The molecule has 0 unspecified atom stereocenters. The van der Waals surface area contributed by atoms with Crippen LogP contribution in [0.2, 0.25) is 5.15 Å². The number of halogens is 1. The number of nitrogens with zero attached hydrogens (tertiary/aromatic N) is 2. The van der Waals surface area contributed by atoms with Crippen LogP contribution >= 0.6 is 11.6 Å². The molecule has 2 rings (SSSR count). The van der Waals surface area contributed by atoms with Crippen molar-refractivity contribution in [3.8, 4) is 0 Å². The molecule has 0 atom stereocenters. The Labute approximate surface area is 106 Å². The quantitative estimate of drug-likeness (QED) is 0.852. The summed E-state index contributed by atoms with van der Waals surface area (Å²) in [6.07, 6.45) is 3.54. The van der Waals surface area contributed by atoms with Crippen molar-refractivity contribution in [1.82, 2.24) is 10.2 Å². The van der Waals surface area contributed by atoms with Gasteiger partial charge >= 0.3 is 0 Å². The van der Waals surface area contributed by atoms with Gasteiger partial charge in [-0.2, -0.15) is 0 Å². The highest BCUT2D eigenvalue weighted by Crippen LogP contribution is 2.25. The molecule has 1 fully saturated rings. The van der Waals surface area contributed by atoms with E-state index in [0.29, 0.717) is 11.2 Å². The van der Waals surface area contributed by atoms with Crippen molar-refractivity contribution in [2.45, 2.75) is 51.7 Å². The molecule has 17 heavy (non-hydrogen) atoms. The van der Waals surface area contributed by atoms with Crippen LogP contribution in [-0.2, 0) is 0 Å². The maximum atomic E-state index is 9.45. The van der Waals surface area contributed by atoms with Crippen LogP contribution in [0.4, 0.5) is 5.82 Å². The predicted octanol–water partition coefficient (Wildman–Crippen LogP) is 2.46. The Bertz CT molecular complexity index is 403. The smallest absolute Gasteiger partial charge is 0.155 e. The first-order chi connectivity index (χ1) is 8.08. The Morgan fingerprint density at radius 2 is 1.76 bits per heavy atom. The van der Waals surface area contributed by atoms with Crippen molar-refractivity contribution in [2.75, 3.05) is 5.32 Å². The monoisotopic (exact) mass is 255 g/mol. The molecule has 0 spiro atoms. The molecule has 0 amide bonds. The van der Waals surface area contributed by atoms with Crippen LogP contribution in [0.5, 0.6) is 0 Å². The van der Waals surface area contributed by atoms with E-state index in [4.69, 9.17) is 11.6 Å². The summed E-state index contributed by atoms with van der Waals surface area (Å²) in [6.45, 7) is 3.94. The standard InChI is InChI=1S/C12H18ClN3O/c1-7-8(2)12(16-15-11(7)13)14-9-3-5-10(17)6-4-9/h9-10,17H,3-6H2,1-2H3,(H,14,16). The minimum Gasteiger partial charge on any atom is -0.393 e. The fourth-order valence-corrected chi connectivity index (χ4v) is 2.31. The Balaban J connectivity index is 2.06. The third-order valence-electron chi connectivity index (χ3n) is 3.50. The Morgan fingerprint density at radius 1 is 1.12 bits per heavy atom. The van der Waals surface area contributed by atoms with Crippen molar-refractivity contribution in [1.29, 1.82) is 0 Å².